The van der Waals surface area contributed by atoms with E-state index in [0.29, 0.717) is 6.42 Å². The van der Waals surface area contributed by atoms with Gasteiger partial charge >= 0.3 is 5.97 Å². The highest BCUT2D eigenvalue weighted by Crippen LogP contribution is 2.33. The molecule has 0 amide bonds. The summed E-state index contributed by atoms with van der Waals surface area (Å²) in [6, 6.07) is -0.107. The third-order valence-electron chi connectivity index (χ3n) is 4.70. The van der Waals surface area contributed by atoms with Crippen LogP contribution in [0.4, 0.5) is 0 Å². The summed E-state index contributed by atoms with van der Waals surface area (Å²) in [6.07, 6.45) is 1.02. The van der Waals surface area contributed by atoms with Crippen LogP contribution in [0, 0.1) is 5.92 Å². The van der Waals surface area contributed by atoms with Crippen molar-refractivity contribution in [2.45, 2.75) is 51.0 Å². The van der Waals surface area contributed by atoms with Crippen LogP contribution in [0.5, 0.6) is 0 Å². The molecule has 1 fully saturated rings. The van der Waals surface area contributed by atoms with Gasteiger partial charge in [0.2, 0.25) is 0 Å². The third-order valence-corrected chi connectivity index (χ3v) is 4.70. The first-order chi connectivity index (χ1) is 9.82. The molecule has 120 valence electrons. The number of esters is 1. The first-order valence-corrected chi connectivity index (χ1v) is 7.47. The summed E-state index contributed by atoms with van der Waals surface area (Å²) in [5, 5.41) is 29.6. The molecule has 2 rings (SSSR count). The van der Waals surface area contributed by atoms with Crippen molar-refractivity contribution in [2.24, 2.45) is 5.92 Å². The lowest BCUT2D eigenvalue weighted by atomic mass is 9.85. The summed E-state index contributed by atoms with van der Waals surface area (Å²) < 4.78 is 5.50. The fourth-order valence-electron chi connectivity index (χ4n) is 3.26. The van der Waals surface area contributed by atoms with E-state index in [4.69, 9.17) is 4.74 Å². The number of ether oxygens (including phenoxy) is 1. The number of aliphatic hydroxyl groups excluding tert-OH is 2. The standard InChI is InChI=1S/C15H25NO5/c1-9(2)15(20,10(3)18)14(19)21-12-5-7-16-6-4-11(8-17)13(12)16/h4,9-10,12-13,17-18,20H,5-8H2,1-3H3/t10-,12-,13-,15-/m1/s1. The smallest absolute Gasteiger partial charge is 0.341 e. The van der Waals surface area contributed by atoms with Crippen molar-refractivity contribution in [1.29, 1.82) is 0 Å². The molecule has 2 aliphatic heterocycles. The average molecular weight is 299 g/mol. The number of aliphatic hydroxyl groups is 3. The van der Waals surface area contributed by atoms with Crippen molar-refractivity contribution in [2.75, 3.05) is 19.7 Å². The number of carbonyl (C=O) groups excluding carboxylic acids is 1. The second kappa shape index (κ2) is 6.04. The minimum absolute atomic E-state index is 0.0555. The Morgan fingerprint density at radius 1 is 1.52 bits per heavy atom. The minimum atomic E-state index is -1.91. The Bertz CT molecular complexity index is 424. The second-order valence-electron chi connectivity index (χ2n) is 6.27. The molecule has 6 heteroatoms. The molecule has 0 aliphatic carbocycles. The normalized spacial score (nSPS) is 30.0. The maximum absolute atomic E-state index is 12.4. The molecule has 0 bridgehead atoms. The zero-order chi connectivity index (χ0) is 15.8. The first kappa shape index (κ1) is 16.4. The Kier molecular flexibility index (Phi) is 4.72. The van der Waals surface area contributed by atoms with Gasteiger partial charge in [-0.2, -0.15) is 0 Å². The minimum Gasteiger partial charge on any atom is -0.458 e. The van der Waals surface area contributed by atoms with Crippen molar-refractivity contribution < 1.29 is 24.9 Å². The highest BCUT2D eigenvalue weighted by Gasteiger charge is 2.49. The van der Waals surface area contributed by atoms with Gasteiger partial charge in [0.05, 0.1) is 18.8 Å². The molecule has 2 aliphatic rings. The summed E-state index contributed by atoms with van der Waals surface area (Å²) in [5.41, 5.74) is -1.05. The van der Waals surface area contributed by atoms with Crippen LogP contribution in [-0.4, -0.2) is 69.7 Å². The first-order valence-electron chi connectivity index (χ1n) is 7.47. The Morgan fingerprint density at radius 3 is 2.71 bits per heavy atom. The zero-order valence-corrected chi connectivity index (χ0v) is 12.8. The molecule has 2 heterocycles. The van der Waals surface area contributed by atoms with E-state index in [2.05, 4.69) is 4.90 Å². The number of fused-ring (bicyclic) bond motifs is 1. The Balaban J connectivity index is 2.11. The Morgan fingerprint density at radius 2 is 2.19 bits per heavy atom. The number of hydrogen-bond donors (Lipinski definition) is 3. The van der Waals surface area contributed by atoms with Crippen LogP contribution in [-0.2, 0) is 9.53 Å². The third kappa shape index (κ3) is 2.73. The number of hydrogen-bond acceptors (Lipinski definition) is 6. The van der Waals surface area contributed by atoms with Gasteiger partial charge in [0, 0.05) is 13.1 Å². The Labute approximate surface area is 125 Å². The van der Waals surface area contributed by atoms with Gasteiger partial charge in [0.25, 0.3) is 0 Å². The number of nitrogens with zero attached hydrogens (tertiary/aromatic N) is 1. The molecule has 21 heavy (non-hydrogen) atoms. The predicted octanol–water partition coefficient (Wildman–Crippen LogP) is -0.327. The lowest BCUT2D eigenvalue weighted by Gasteiger charge is -2.34. The van der Waals surface area contributed by atoms with Gasteiger partial charge < -0.3 is 20.1 Å². The largest absolute Gasteiger partial charge is 0.458 e. The molecule has 0 saturated carbocycles. The molecule has 0 radical (unpaired) electrons. The predicted molar refractivity (Wildman–Crippen MR) is 76.5 cm³/mol. The highest BCUT2D eigenvalue weighted by atomic mass is 16.6. The monoisotopic (exact) mass is 299 g/mol. The molecule has 0 spiro atoms. The van der Waals surface area contributed by atoms with Gasteiger partial charge in [0.15, 0.2) is 5.60 Å². The lowest BCUT2D eigenvalue weighted by molar-refractivity contribution is -0.190. The van der Waals surface area contributed by atoms with Gasteiger partial charge in [-0.1, -0.05) is 19.9 Å². The maximum Gasteiger partial charge on any atom is 0.341 e. The summed E-state index contributed by atoms with van der Waals surface area (Å²) in [6.45, 7) is 6.21. The molecule has 0 aromatic rings. The molecule has 3 N–H and O–H groups in total. The van der Waals surface area contributed by atoms with Crippen LogP contribution in [0.1, 0.15) is 27.2 Å². The van der Waals surface area contributed by atoms with E-state index in [0.717, 1.165) is 18.7 Å². The maximum atomic E-state index is 12.4. The quantitative estimate of drug-likeness (QED) is 0.476. The molecule has 1 saturated heterocycles. The Hall–Kier alpha value is -0.950. The van der Waals surface area contributed by atoms with E-state index in [-0.39, 0.29) is 18.8 Å². The summed E-state index contributed by atoms with van der Waals surface area (Å²) >= 11 is 0. The van der Waals surface area contributed by atoms with E-state index in [1.54, 1.807) is 13.8 Å². The van der Waals surface area contributed by atoms with Gasteiger partial charge in [-0.3, -0.25) is 4.90 Å². The average Bonchev–Trinajstić information content (AvgIpc) is 2.99. The van der Waals surface area contributed by atoms with Crippen LogP contribution in [0.3, 0.4) is 0 Å². The van der Waals surface area contributed by atoms with Gasteiger partial charge in [-0.25, -0.2) is 4.79 Å². The lowest BCUT2D eigenvalue weighted by Crippen LogP contribution is -2.54. The SMILES string of the molecule is CC(C)[C@](O)(C(=O)O[C@@H]1CCN2CC=C(CO)[C@H]12)[C@@H](C)O. The van der Waals surface area contributed by atoms with E-state index in [1.165, 1.54) is 6.92 Å². The summed E-state index contributed by atoms with van der Waals surface area (Å²) in [7, 11) is 0. The second-order valence-corrected chi connectivity index (χ2v) is 6.27. The van der Waals surface area contributed by atoms with Crippen molar-refractivity contribution in [3.05, 3.63) is 11.6 Å². The van der Waals surface area contributed by atoms with Crippen LogP contribution >= 0.6 is 0 Å². The fourth-order valence-corrected chi connectivity index (χ4v) is 3.26. The molecule has 0 aromatic carbocycles. The van der Waals surface area contributed by atoms with Crippen molar-refractivity contribution in [1.82, 2.24) is 4.90 Å². The van der Waals surface area contributed by atoms with Crippen molar-refractivity contribution in [3.8, 4) is 0 Å². The fraction of sp³-hybridized carbons (Fsp3) is 0.800. The van der Waals surface area contributed by atoms with E-state index in [1.807, 2.05) is 6.08 Å². The van der Waals surface area contributed by atoms with Gasteiger partial charge in [-0.05, 0) is 24.8 Å². The molecule has 0 aromatic heterocycles. The van der Waals surface area contributed by atoms with Crippen LogP contribution < -0.4 is 0 Å². The van der Waals surface area contributed by atoms with Crippen molar-refractivity contribution in [3.63, 3.8) is 0 Å². The number of rotatable bonds is 5. The van der Waals surface area contributed by atoms with Crippen molar-refractivity contribution >= 4 is 5.97 Å². The van der Waals surface area contributed by atoms with E-state index < -0.39 is 23.6 Å². The van der Waals surface area contributed by atoms with E-state index in [9.17, 15) is 20.1 Å². The number of carbonyl (C=O) groups is 1. The van der Waals surface area contributed by atoms with Crippen LogP contribution in [0.2, 0.25) is 0 Å². The molecule has 6 nitrogen and oxygen atoms in total. The van der Waals surface area contributed by atoms with Gasteiger partial charge in [0.1, 0.15) is 6.10 Å². The molecule has 0 unspecified atom stereocenters. The highest BCUT2D eigenvalue weighted by molar-refractivity contribution is 5.80. The van der Waals surface area contributed by atoms with Crippen LogP contribution in [0.25, 0.3) is 0 Å². The topological polar surface area (TPSA) is 90.2 Å². The van der Waals surface area contributed by atoms with Crippen LogP contribution in [0.15, 0.2) is 11.6 Å². The zero-order valence-electron chi connectivity index (χ0n) is 12.8. The van der Waals surface area contributed by atoms with Gasteiger partial charge in [-0.15, -0.1) is 0 Å². The summed E-state index contributed by atoms with van der Waals surface area (Å²) in [5.74, 6) is -1.25. The molecular weight excluding hydrogens is 274 g/mol. The molecule has 4 atom stereocenters. The summed E-state index contributed by atoms with van der Waals surface area (Å²) in [4.78, 5) is 14.5. The van der Waals surface area contributed by atoms with E-state index >= 15 is 0 Å². The molecular formula is C15H25NO5.